The lowest BCUT2D eigenvalue weighted by molar-refractivity contribution is 0.312. The molecule has 2 aliphatic rings. The predicted molar refractivity (Wildman–Crippen MR) is 128 cm³/mol. The van der Waals surface area contributed by atoms with E-state index in [0.717, 1.165) is 51.0 Å². The van der Waals surface area contributed by atoms with Crippen LogP contribution in [0.5, 0.6) is 0 Å². The lowest BCUT2D eigenvalue weighted by atomic mass is 10.1. The third-order valence-electron chi connectivity index (χ3n) is 5.25. The smallest absolute Gasteiger partial charge is 0.191 e. The molecule has 3 heterocycles. The van der Waals surface area contributed by atoms with E-state index in [9.17, 15) is 0 Å². The van der Waals surface area contributed by atoms with E-state index in [1.54, 1.807) is 0 Å². The number of piperazine rings is 1. The summed E-state index contributed by atoms with van der Waals surface area (Å²) in [5.41, 5.74) is 1.23. The molecule has 0 bridgehead atoms. The van der Waals surface area contributed by atoms with Gasteiger partial charge in [0, 0.05) is 57.3 Å². The van der Waals surface area contributed by atoms with Crippen LogP contribution in [0.3, 0.4) is 0 Å². The first-order valence-corrected chi connectivity index (χ1v) is 10.5. The van der Waals surface area contributed by atoms with Crippen LogP contribution in [0.1, 0.15) is 25.3 Å². The van der Waals surface area contributed by atoms with E-state index in [0.29, 0.717) is 4.75 Å². The van der Waals surface area contributed by atoms with Gasteiger partial charge in [0.15, 0.2) is 5.96 Å². The molecule has 2 N–H and O–H groups in total. The van der Waals surface area contributed by atoms with E-state index in [-0.39, 0.29) is 24.0 Å². The van der Waals surface area contributed by atoms with Crippen molar-refractivity contribution in [3.63, 3.8) is 0 Å². The molecule has 2 aliphatic heterocycles. The molecule has 1 aromatic rings. The highest BCUT2D eigenvalue weighted by molar-refractivity contribution is 14.0. The fraction of sp³-hybridized carbons (Fsp3) is 0.684. The van der Waals surface area contributed by atoms with Crippen LogP contribution in [-0.4, -0.2) is 73.2 Å². The Hall–Kier alpha value is -0.740. The van der Waals surface area contributed by atoms with Crippen molar-refractivity contribution in [1.29, 1.82) is 0 Å². The van der Waals surface area contributed by atoms with Crippen molar-refractivity contribution in [2.45, 2.75) is 31.1 Å². The largest absolute Gasteiger partial charge is 0.355 e. The van der Waals surface area contributed by atoms with Gasteiger partial charge in [0.2, 0.25) is 0 Å². The molecule has 152 valence electrons. The number of nitrogens with one attached hydrogen (secondary N) is 2. The Morgan fingerprint density at radius 1 is 1.30 bits per heavy atom. The number of hydrogen-bond acceptors (Lipinski definition) is 5. The molecule has 0 spiro atoms. The minimum absolute atomic E-state index is 0. The number of thioether (sulfide) groups is 1. The normalized spacial score (nSPS) is 23.8. The summed E-state index contributed by atoms with van der Waals surface area (Å²) < 4.78 is 0.336. The molecular formula is C19H33IN6S. The van der Waals surface area contributed by atoms with Crippen LogP contribution < -0.4 is 15.5 Å². The zero-order valence-corrected chi connectivity index (χ0v) is 19.8. The van der Waals surface area contributed by atoms with Crippen molar-refractivity contribution >= 4 is 47.5 Å². The molecule has 0 aromatic carbocycles. The van der Waals surface area contributed by atoms with Crippen LogP contribution in [-0.2, 0) is 6.54 Å². The zero-order chi connectivity index (χ0) is 18.4. The summed E-state index contributed by atoms with van der Waals surface area (Å²) in [6, 6.07) is 4.27. The van der Waals surface area contributed by atoms with Crippen molar-refractivity contribution in [3.8, 4) is 0 Å². The molecule has 3 rings (SSSR count). The Bertz CT molecular complexity index is 612. The highest BCUT2D eigenvalue weighted by Crippen LogP contribution is 2.36. The van der Waals surface area contributed by atoms with Crippen LogP contribution in [0.4, 0.5) is 5.82 Å². The number of halogens is 1. The molecule has 6 nitrogen and oxygen atoms in total. The van der Waals surface area contributed by atoms with Gasteiger partial charge in [0.05, 0.1) is 0 Å². The Balaban J connectivity index is 0.00000261. The number of anilines is 1. The third-order valence-corrected chi connectivity index (χ3v) is 6.79. The Morgan fingerprint density at radius 3 is 2.74 bits per heavy atom. The minimum Gasteiger partial charge on any atom is -0.355 e. The molecule has 8 heteroatoms. The van der Waals surface area contributed by atoms with Gasteiger partial charge in [-0.25, -0.2) is 4.98 Å². The summed E-state index contributed by atoms with van der Waals surface area (Å²) in [4.78, 5) is 13.7. The minimum atomic E-state index is 0. The molecule has 1 atom stereocenters. The van der Waals surface area contributed by atoms with Crippen LogP contribution in [0.2, 0.25) is 0 Å². The Labute approximate surface area is 185 Å². The van der Waals surface area contributed by atoms with E-state index in [1.165, 1.54) is 24.2 Å². The molecule has 0 aliphatic carbocycles. The van der Waals surface area contributed by atoms with Gasteiger partial charge in [0.25, 0.3) is 0 Å². The first-order chi connectivity index (χ1) is 12.6. The highest BCUT2D eigenvalue weighted by Gasteiger charge is 2.29. The standard InChI is InChI=1S/C19H32N6S.HI/c1-19(6-4-12-26-19)15-23-18(20-2)22-14-16-5-7-21-17(13-16)25-10-8-24(3)9-11-25;/h5,7,13H,4,6,8-12,14-15H2,1-3H3,(H2,20,22,23);1H. The number of guanidine groups is 1. The molecule has 2 fully saturated rings. The fourth-order valence-corrected chi connectivity index (χ4v) is 4.68. The first-order valence-electron chi connectivity index (χ1n) is 9.55. The maximum Gasteiger partial charge on any atom is 0.191 e. The van der Waals surface area contributed by atoms with E-state index >= 15 is 0 Å². The van der Waals surface area contributed by atoms with Crippen molar-refractivity contribution in [2.75, 3.05) is 57.5 Å². The first kappa shape index (κ1) is 22.5. The quantitative estimate of drug-likeness (QED) is 0.365. The number of hydrogen-bond donors (Lipinski definition) is 2. The molecule has 0 amide bonds. The van der Waals surface area contributed by atoms with Gasteiger partial charge in [0.1, 0.15) is 5.82 Å². The number of aromatic nitrogens is 1. The lowest BCUT2D eigenvalue weighted by Crippen LogP contribution is -2.45. The number of pyridine rings is 1. The molecule has 0 saturated carbocycles. The molecular weight excluding hydrogens is 471 g/mol. The van der Waals surface area contributed by atoms with E-state index in [1.807, 2.05) is 13.2 Å². The summed E-state index contributed by atoms with van der Waals surface area (Å²) in [6.07, 6.45) is 4.51. The van der Waals surface area contributed by atoms with Gasteiger partial charge in [-0.1, -0.05) is 0 Å². The second-order valence-corrected chi connectivity index (χ2v) is 9.18. The van der Waals surface area contributed by atoms with Crippen LogP contribution in [0, 0.1) is 0 Å². The van der Waals surface area contributed by atoms with Gasteiger partial charge in [-0.15, -0.1) is 24.0 Å². The SMILES string of the molecule is CN=C(NCc1ccnc(N2CCN(C)CC2)c1)NCC1(C)CCCS1.I. The van der Waals surface area contributed by atoms with Crippen molar-refractivity contribution in [3.05, 3.63) is 23.9 Å². The van der Waals surface area contributed by atoms with Crippen molar-refractivity contribution in [2.24, 2.45) is 4.99 Å². The fourth-order valence-electron chi connectivity index (χ4n) is 3.43. The second kappa shape index (κ2) is 10.7. The summed E-state index contributed by atoms with van der Waals surface area (Å²) in [6.45, 7) is 8.33. The third kappa shape index (κ3) is 6.67. The number of likely N-dealkylation sites (N-methyl/N-ethyl adjacent to an activating group) is 1. The maximum atomic E-state index is 4.56. The van der Waals surface area contributed by atoms with Crippen molar-refractivity contribution < 1.29 is 0 Å². The van der Waals surface area contributed by atoms with E-state index in [4.69, 9.17) is 0 Å². The van der Waals surface area contributed by atoms with Crippen LogP contribution in [0.15, 0.2) is 23.3 Å². The van der Waals surface area contributed by atoms with E-state index in [2.05, 4.69) is 68.3 Å². The zero-order valence-electron chi connectivity index (χ0n) is 16.7. The van der Waals surface area contributed by atoms with Crippen LogP contribution in [0.25, 0.3) is 0 Å². The number of nitrogens with zero attached hydrogens (tertiary/aromatic N) is 4. The van der Waals surface area contributed by atoms with Crippen molar-refractivity contribution in [1.82, 2.24) is 20.5 Å². The predicted octanol–water partition coefficient (Wildman–Crippen LogP) is 2.40. The average Bonchev–Trinajstić information content (AvgIpc) is 3.09. The second-order valence-electron chi connectivity index (χ2n) is 7.49. The average molecular weight is 504 g/mol. The summed E-state index contributed by atoms with van der Waals surface area (Å²) in [7, 11) is 4.01. The molecule has 1 unspecified atom stereocenters. The summed E-state index contributed by atoms with van der Waals surface area (Å²) >= 11 is 2.07. The monoisotopic (exact) mass is 504 g/mol. The Morgan fingerprint density at radius 2 is 2.07 bits per heavy atom. The number of aliphatic imine (C=N–C) groups is 1. The van der Waals surface area contributed by atoms with Gasteiger partial charge in [-0.05, 0) is 50.3 Å². The molecule has 2 saturated heterocycles. The lowest BCUT2D eigenvalue weighted by Gasteiger charge is -2.33. The highest BCUT2D eigenvalue weighted by atomic mass is 127. The number of rotatable bonds is 5. The maximum absolute atomic E-state index is 4.56. The van der Waals surface area contributed by atoms with Gasteiger partial charge < -0.3 is 20.4 Å². The van der Waals surface area contributed by atoms with Gasteiger partial charge >= 0.3 is 0 Å². The van der Waals surface area contributed by atoms with Gasteiger partial charge in [-0.3, -0.25) is 4.99 Å². The topological polar surface area (TPSA) is 55.8 Å². The molecule has 27 heavy (non-hydrogen) atoms. The molecule has 0 radical (unpaired) electrons. The summed E-state index contributed by atoms with van der Waals surface area (Å²) in [5.74, 6) is 3.22. The summed E-state index contributed by atoms with van der Waals surface area (Å²) in [5, 5.41) is 6.93. The van der Waals surface area contributed by atoms with Crippen LogP contribution >= 0.6 is 35.7 Å². The Kier molecular flexibility index (Phi) is 8.94. The van der Waals surface area contributed by atoms with Gasteiger partial charge in [-0.2, -0.15) is 11.8 Å². The molecule has 1 aromatic heterocycles. The van der Waals surface area contributed by atoms with E-state index < -0.39 is 0 Å².